The zero-order chi connectivity index (χ0) is 22.1. The van der Waals surface area contributed by atoms with Crippen LogP contribution in [0.4, 0.5) is 0 Å². The number of benzene rings is 2. The third-order valence-electron chi connectivity index (χ3n) is 5.05. The molecule has 168 valence electrons. The average molecular weight is 447 g/mol. The van der Waals surface area contributed by atoms with E-state index in [1.54, 1.807) is 12.1 Å². The molecule has 0 bridgehead atoms. The summed E-state index contributed by atoms with van der Waals surface area (Å²) in [6.45, 7) is 4.64. The summed E-state index contributed by atoms with van der Waals surface area (Å²) < 4.78 is 38.0. The van der Waals surface area contributed by atoms with Crippen LogP contribution in [0.1, 0.15) is 35.7 Å². The number of sulfonamides is 1. The minimum atomic E-state index is -3.63. The molecular formula is C23H30N2O5S. The second kappa shape index (κ2) is 11.3. The third-order valence-corrected chi connectivity index (χ3v) is 6.94. The van der Waals surface area contributed by atoms with Crippen LogP contribution in [-0.2, 0) is 21.2 Å². The summed E-state index contributed by atoms with van der Waals surface area (Å²) in [5.74, 6) is 0.603. The van der Waals surface area contributed by atoms with Crippen LogP contribution < -0.4 is 10.1 Å². The van der Waals surface area contributed by atoms with E-state index in [-0.39, 0.29) is 10.8 Å². The first-order chi connectivity index (χ1) is 15.0. The maximum atomic E-state index is 12.8. The highest BCUT2D eigenvalue weighted by molar-refractivity contribution is 7.89. The van der Waals surface area contributed by atoms with Gasteiger partial charge in [0.2, 0.25) is 10.0 Å². The highest BCUT2D eigenvalue weighted by Crippen LogP contribution is 2.20. The van der Waals surface area contributed by atoms with Crippen LogP contribution in [0.3, 0.4) is 0 Å². The molecule has 0 aromatic heterocycles. The Morgan fingerprint density at radius 2 is 1.90 bits per heavy atom. The molecule has 1 fully saturated rings. The summed E-state index contributed by atoms with van der Waals surface area (Å²) in [4.78, 5) is 12.7. The standard InChI is InChI=1S/C23H30N2O5S/c1-2-15-30-22-11-4-3-7-19(22)9-6-12-24-23(26)20-8-5-10-21(18-20)31(27,28)25-13-16-29-17-14-25/h3-5,7-8,10-11,18H,2,6,9,12-17H2,1H3,(H,24,26). The van der Waals surface area contributed by atoms with E-state index in [9.17, 15) is 13.2 Å². The molecule has 1 aliphatic rings. The molecule has 2 aromatic carbocycles. The van der Waals surface area contributed by atoms with Gasteiger partial charge in [0.05, 0.1) is 24.7 Å². The zero-order valence-corrected chi connectivity index (χ0v) is 18.7. The van der Waals surface area contributed by atoms with E-state index in [1.165, 1.54) is 16.4 Å². The van der Waals surface area contributed by atoms with Gasteiger partial charge in [-0.1, -0.05) is 31.2 Å². The van der Waals surface area contributed by atoms with Crippen molar-refractivity contribution in [3.63, 3.8) is 0 Å². The molecule has 1 heterocycles. The van der Waals surface area contributed by atoms with E-state index in [2.05, 4.69) is 12.2 Å². The Morgan fingerprint density at radius 1 is 1.13 bits per heavy atom. The van der Waals surface area contributed by atoms with Crippen molar-refractivity contribution in [2.24, 2.45) is 0 Å². The lowest BCUT2D eigenvalue weighted by Gasteiger charge is -2.26. The van der Waals surface area contributed by atoms with E-state index < -0.39 is 10.0 Å². The van der Waals surface area contributed by atoms with Gasteiger partial charge in [-0.15, -0.1) is 0 Å². The lowest BCUT2D eigenvalue weighted by molar-refractivity contribution is 0.0730. The number of hydrogen-bond acceptors (Lipinski definition) is 5. The quantitative estimate of drug-likeness (QED) is 0.568. The summed E-state index contributed by atoms with van der Waals surface area (Å²) in [6.07, 6.45) is 2.49. The maximum absolute atomic E-state index is 12.8. The van der Waals surface area contributed by atoms with Crippen molar-refractivity contribution in [3.8, 4) is 5.75 Å². The summed E-state index contributed by atoms with van der Waals surface area (Å²) in [7, 11) is -3.63. The van der Waals surface area contributed by atoms with Gasteiger partial charge in [0.1, 0.15) is 5.75 Å². The second-order valence-corrected chi connectivity index (χ2v) is 9.30. The zero-order valence-electron chi connectivity index (χ0n) is 17.9. The van der Waals surface area contributed by atoms with E-state index in [4.69, 9.17) is 9.47 Å². The fourth-order valence-electron chi connectivity index (χ4n) is 3.38. The molecule has 1 N–H and O–H groups in total. The van der Waals surface area contributed by atoms with E-state index in [1.807, 2.05) is 24.3 Å². The smallest absolute Gasteiger partial charge is 0.251 e. The molecule has 0 unspecified atom stereocenters. The largest absolute Gasteiger partial charge is 0.493 e. The summed E-state index contributed by atoms with van der Waals surface area (Å²) in [6, 6.07) is 14.1. The number of ether oxygens (including phenoxy) is 2. The van der Waals surface area contributed by atoms with Crippen molar-refractivity contribution in [2.75, 3.05) is 39.5 Å². The van der Waals surface area contributed by atoms with Crippen LogP contribution in [-0.4, -0.2) is 58.1 Å². The molecule has 1 aliphatic heterocycles. The molecule has 0 saturated carbocycles. The molecule has 0 spiro atoms. The monoisotopic (exact) mass is 446 g/mol. The first-order valence-electron chi connectivity index (χ1n) is 10.7. The van der Waals surface area contributed by atoms with Crippen LogP contribution >= 0.6 is 0 Å². The lowest BCUT2D eigenvalue weighted by atomic mass is 10.1. The van der Waals surface area contributed by atoms with Crippen molar-refractivity contribution >= 4 is 15.9 Å². The number of rotatable bonds is 10. The molecule has 0 radical (unpaired) electrons. The predicted molar refractivity (Wildman–Crippen MR) is 119 cm³/mol. The number of morpholine rings is 1. The van der Waals surface area contributed by atoms with Gasteiger partial charge in [-0.25, -0.2) is 8.42 Å². The third kappa shape index (κ3) is 6.29. The molecule has 7 nitrogen and oxygen atoms in total. The molecule has 31 heavy (non-hydrogen) atoms. The molecular weight excluding hydrogens is 416 g/mol. The molecule has 0 atom stereocenters. The van der Waals surface area contributed by atoms with Crippen molar-refractivity contribution in [1.82, 2.24) is 9.62 Å². The number of carbonyl (C=O) groups excluding carboxylic acids is 1. The van der Waals surface area contributed by atoms with Gasteiger partial charge in [0.25, 0.3) is 5.91 Å². The Bertz CT molecular complexity index is 971. The van der Waals surface area contributed by atoms with Gasteiger partial charge in [0.15, 0.2) is 0 Å². The molecule has 2 aromatic rings. The predicted octanol–water partition coefficient (Wildman–Crippen LogP) is 2.86. The molecule has 3 rings (SSSR count). The fourth-order valence-corrected chi connectivity index (χ4v) is 4.83. The van der Waals surface area contributed by atoms with Crippen molar-refractivity contribution in [1.29, 1.82) is 0 Å². The van der Waals surface area contributed by atoms with Gasteiger partial charge >= 0.3 is 0 Å². The van der Waals surface area contributed by atoms with Gasteiger partial charge in [-0.05, 0) is 49.1 Å². The number of para-hydroxylation sites is 1. The molecule has 1 amide bonds. The first kappa shape index (κ1) is 23.2. The molecule has 0 aliphatic carbocycles. The Labute approximate surface area is 184 Å². The van der Waals surface area contributed by atoms with Crippen LogP contribution in [0.25, 0.3) is 0 Å². The minimum absolute atomic E-state index is 0.129. The van der Waals surface area contributed by atoms with Crippen LogP contribution in [0.15, 0.2) is 53.4 Å². The SMILES string of the molecule is CCCOc1ccccc1CCCNC(=O)c1cccc(S(=O)(=O)N2CCOCC2)c1. The lowest BCUT2D eigenvalue weighted by Crippen LogP contribution is -2.40. The fraction of sp³-hybridized carbons (Fsp3) is 0.435. The summed E-state index contributed by atoms with van der Waals surface area (Å²) >= 11 is 0. The normalized spacial score (nSPS) is 14.9. The Kier molecular flexibility index (Phi) is 8.45. The Hall–Kier alpha value is -2.42. The van der Waals surface area contributed by atoms with Crippen molar-refractivity contribution in [3.05, 3.63) is 59.7 Å². The van der Waals surface area contributed by atoms with Gasteiger partial charge in [-0.2, -0.15) is 4.31 Å². The second-order valence-electron chi connectivity index (χ2n) is 7.36. The van der Waals surface area contributed by atoms with Crippen molar-refractivity contribution in [2.45, 2.75) is 31.1 Å². The molecule has 1 saturated heterocycles. The maximum Gasteiger partial charge on any atom is 0.251 e. The number of nitrogens with one attached hydrogen (secondary N) is 1. The highest BCUT2D eigenvalue weighted by atomic mass is 32.2. The number of amides is 1. The number of carbonyl (C=O) groups is 1. The van der Waals surface area contributed by atoms with E-state index >= 15 is 0 Å². The summed E-state index contributed by atoms with van der Waals surface area (Å²) in [5.41, 5.74) is 1.45. The van der Waals surface area contributed by atoms with Crippen LogP contribution in [0.5, 0.6) is 5.75 Å². The van der Waals surface area contributed by atoms with Gasteiger partial charge < -0.3 is 14.8 Å². The van der Waals surface area contributed by atoms with E-state index in [0.717, 1.165) is 30.6 Å². The van der Waals surface area contributed by atoms with Gasteiger partial charge in [0, 0.05) is 25.2 Å². The minimum Gasteiger partial charge on any atom is -0.493 e. The number of aryl methyl sites for hydroxylation is 1. The number of nitrogens with zero attached hydrogens (tertiary/aromatic N) is 1. The highest BCUT2D eigenvalue weighted by Gasteiger charge is 2.26. The van der Waals surface area contributed by atoms with E-state index in [0.29, 0.717) is 45.0 Å². The topological polar surface area (TPSA) is 84.9 Å². The Balaban J connectivity index is 1.55. The average Bonchev–Trinajstić information content (AvgIpc) is 2.81. The van der Waals surface area contributed by atoms with Gasteiger partial charge in [-0.3, -0.25) is 4.79 Å². The van der Waals surface area contributed by atoms with Crippen LogP contribution in [0, 0.1) is 0 Å². The van der Waals surface area contributed by atoms with Crippen LogP contribution in [0.2, 0.25) is 0 Å². The first-order valence-corrected chi connectivity index (χ1v) is 12.1. The Morgan fingerprint density at radius 3 is 2.68 bits per heavy atom. The van der Waals surface area contributed by atoms with Crippen molar-refractivity contribution < 1.29 is 22.7 Å². The summed E-state index contributed by atoms with van der Waals surface area (Å²) in [5, 5.41) is 2.88. The molecule has 8 heteroatoms. The number of hydrogen-bond donors (Lipinski definition) is 1.